The minimum atomic E-state index is -0.642. The van der Waals surface area contributed by atoms with Crippen molar-refractivity contribution in [3.8, 4) is 0 Å². The number of hydrogen-bond acceptors (Lipinski definition) is 3. The van der Waals surface area contributed by atoms with Gasteiger partial charge in [-0.15, -0.1) is 0 Å². The fourth-order valence-electron chi connectivity index (χ4n) is 4.48. The number of rotatable bonds is 23. The molecule has 0 saturated heterocycles. The van der Waals surface area contributed by atoms with E-state index >= 15 is 0 Å². The summed E-state index contributed by atoms with van der Waals surface area (Å²) in [5.74, 6) is -0.204. The summed E-state index contributed by atoms with van der Waals surface area (Å²) in [6.07, 6.45) is 33.6. The summed E-state index contributed by atoms with van der Waals surface area (Å²) >= 11 is 0. The third-order valence-electron chi connectivity index (χ3n) is 7.15. The van der Waals surface area contributed by atoms with Crippen LogP contribution in [0.25, 0.3) is 0 Å². The first-order valence-corrected chi connectivity index (χ1v) is 17.1. The van der Waals surface area contributed by atoms with Crippen LogP contribution in [0.3, 0.4) is 0 Å². The fourth-order valence-corrected chi connectivity index (χ4v) is 4.48. The minimum Gasteiger partial charge on any atom is -0.354 e. The zero-order valence-corrected chi connectivity index (χ0v) is 29.0. The second-order valence-corrected chi connectivity index (χ2v) is 11.9. The van der Waals surface area contributed by atoms with Gasteiger partial charge >= 0.3 is 0 Å². The van der Waals surface area contributed by atoms with Crippen LogP contribution in [0, 0.1) is 5.92 Å². The predicted molar refractivity (Wildman–Crippen MR) is 194 cm³/mol. The molecule has 0 aliphatic heterocycles. The molecule has 3 N–H and O–H groups in total. The van der Waals surface area contributed by atoms with Gasteiger partial charge in [0.15, 0.2) is 0 Å². The topological polar surface area (TPSA) is 87.3 Å². The highest BCUT2D eigenvalue weighted by molar-refractivity contribution is 5.87. The summed E-state index contributed by atoms with van der Waals surface area (Å²) in [6, 6.07) is 7.54. The predicted octanol–water partition coefficient (Wildman–Crippen LogP) is 8.20. The van der Waals surface area contributed by atoms with Gasteiger partial charge in [0.2, 0.25) is 17.7 Å². The Morgan fingerprint density at radius 1 is 0.630 bits per heavy atom. The number of benzene rings is 1. The van der Waals surface area contributed by atoms with Gasteiger partial charge in [0.05, 0.1) is 5.92 Å². The zero-order valence-electron chi connectivity index (χ0n) is 29.0. The Bertz CT molecular complexity index is 1170. The third-order valence-corrected chi connectivity index (χ3v) is 7.15. The molecule has 6 heteroatoms. The van der Waals surface area contributed by atoms with Gasteiger partial charge in [0.25, 0.3) is 0 Å². The molecule has 0 aromatic heterocycles. The first kappa shape index (κ1) is 40.1. The average molecular weight is 630 g/mol. The summed E-state index contributed by atoms with van der Waals surface area (Å²) in [4.78, 5) is 37.1. The summed E-state index contributed by atoms with van der Waals surface area (Å²) in [7, 11) is 0. The van der Waals surface area contributed by atoms with E-state index in [4.69, 9.17) is 0 Å². The quantitative estimate of drug-likeness (QED) is 0.0842. The lowest BCUT2D eigenvalue weighted by atomic mass is 9.96. The Hall–Kier alpha value is -3.93. The van der Waals surface area contributed by atoms with Gasteiger partial charge < -0.3 is 16.0 Å². The van der Waals surface area contributed by atoms with E-state index in [1.165, 1.54) is 5.56 Å². The van der Waals surface area contributed by atoms with Crippen molar-refractivity contribution in [2.75, 3.05) is 13.1 Å². The van der Waals surface area contributed by atoms with Crippen molar-refractivity contribution in [2.24, 2.45) is 5.92 Å². The smallest absolute Gasteiger partial charge is 0.242 e. The minimum absolute atomic E-state index is 0.0818. The van der Waals surface area contributed by atoms with Crippen LogP contribution in [0.4, 0.5) is 0 Å². The van der Waals surface area contributed by atoms with Crippen LogP contribution in [0.1, 0.15) is 103 Å². The highest BCUT2D eigenvalue weighted by Crippen LogP contribution is 2.17. The number of carbonyl (C=O) groups excluding carboxylic acids is 3. The van der Waals surface area contributed by atoms with Crippen LogP contribution in [0.5, 0.6) is 0 Å². The first-order valence-electron chi connectivity index (χ1n) is 17.1. The van der Waals surface area contributed by atoms with Gasteiger partial charge in [-0.25, -0.2) is 0 Å². The molecule has 0 radical (unpaired) electrons. The second kappa shape index (κ2) is 26.3. The number of carbonyl (C=O) groups is 3. The average Bonchev–Trinajstić information content (AvgIpc) is 3.03. The third kappa shape index (κ3) is 20.9. The molecular weight excluding hydrogens is 570 g/mol. The van der Waals surface area contributed by atoms with Crippen LogP contribution in [0.15, 0.2) is 97.2 Å². The normalized spacial score (nSPS) is 13.6. The van der Waals surface area contributed by atoms with Crippen molar-refractivity contribution in [3.63, 3.8) is 0 Å². The van der Waals surface area contributed by atoms with Crippen LogP contribution < -0.4 is 16.0 Å². The largest absolute Gasteiger partial charge is 0.354 e. The highest BCUT2D eigenvalue weighted by Gasteiger charge is 2.16. The molecule has 1 rings (SSSR count). The van der Waals surface area contributed by atoms with E-state index in [0.29, 0.717) is 31.8 Å². The summed E-state index contributed by atoms with van der Waals surface area (Å²) in [5, 5.41) is 8.39. The summed E-state index contributed by atoms with van der Waals surface area (Å²) in [5.41, 5.74) is 2.23. The van der Waals surface area contributed by atoms with E-state index in [9.17, 15) is 14.4 Å². The molecule has 2 atom stereocenters. The molecule has 6 nitrogen and oxygen atoms in total. The second-order valence-electron chi connectivity index (χ2n) is 11.9. The van der Waals surface area contributed by atoms with E-state index in [1.807, 2.05) is 25.1 Å². The van der Waals surface area contributed by atoms with Gasteiger partial charge in [0, 0.05) is 19.5 Å². The van der Waals surface area contributed by atoms with Gasteiger partial charge in [-0.3, -0.25) is 14.4 Å². The van der Waals surface area contributed by atoms with Crippen LogP contribution in [0.2, 0.25) is 0 Å². The van der Waals surface area contributed by atoms with E-state index in [1.54, 1.807) is 6.92 Å². The highest BCUT2D eigenvalue weighted by atomic mass is 16.2. The molecule has 1 aromatic carbocycles. The molecule has 3 amide bonds. The van der Waals surface area contributed by atoms with Gasteiger partial charge in [-0.1, -0.05) is 118 Å². The number of hydrogen-bond donors (Lipinski definition) is 3. The molecule has 0 aliphatic rings. The van der Waals surface area contributed by atoms with E-state index in [2.05, 4.69) is 116 Å². The monoisotopic (exact) mass is 629 g/mol. The Kier molecular flexibility index (Phi) is 22.9. The summed E-state index contributed by atoms with van der Waals surface area (Å²) in [6.45, 7) is 10.7. The molecule has 0 bridgehead atoms. The Morgan fingerprint density at radius 2 is 1.09 bits per heavy atom. The maximum absolute atomic E-state index is 12.5. The number of nitrogens with one attached hydrogen (secondary N) is 3. The SMILES string of the molecule is CCC=CCC=CCC=CCC=CCC=CCC=CCCC(=O)N[C@@H](C)C(=O)NCCNC(=O)C(C)c1ccc(CC(C)C)cc1. The standard InChI is InChI=1S/C40H59N3O3/c1-6-7-8-9-10-11-12-13-14-15-16-17-18-19-20-21-22-23-24-25-38(44)43-35(5)40(46)42-31-30-41-39(45)34(4)37-28-26-36(27-29-37)32-33(2)3/h7-8,10-11,13-14,16-17,19-20,22-23,26-29,33-35H,6,9,12,15,18,21,24-25,30-32H2,1-5H3,(H,41,45)(H,42,46)(H,43,44)/t34?,35-/m0/s1. The van der Waals surface area contributed by atoms with Crippen molar-refractivity contribution >= 4 is 17.7 Å². The first-order chi connectivity index (χ1) is 22.2. The van der Waals surface area contributed by atoms with E-state index < -0.39 is 6.04 Å². The summed E-state index contributed by atoms with van der Waals surface area (Å²) < 4.78 is 0. The van der Waals surface area contributed by atoms with Gasteiger partial charge in [-0.2, -0.15) is 0 Å². The van der Waals surface area contributed by atoms with Crippen molar-refractivity contribution < 1.29 is 14.4 Å². The van der Waals surface area contributed by atoms with Crippen LogP contribution in [-0.2, 0) is 20.8 Å². The molecule has 252 valence electrons. The lowest BCUT2D eigenvalue weighted by Crippen LogP contribution is -2.46. The molecule has 0 aliphatic carbocycles. The lowest BCUT2D eigenvalue weighted by Gasteiger charge is -2.16. The number of allylic oxidation sites excluding steroid dienone is 12. The maximum Gasteiger partial charge on any atom is 0.242 e. The van der Waals surface area contributed by atoms with E-state index in [-0.39, 0.29) is 23.6 Å². The lowest BCUT2D eigenvalue weighted by molar-refractivity contribution is -0.128. The molecule has 0 heterocycles. The molecule has 0 saturated carbocycles. The molecular formula is C40H59N3O3. The van der Waals surface area contributed by atoms with Crippen LogP contribution in [-0.4, -0.2) is 36.9 Å². The van der Waals surface area contributed by atoms with Crippen LogP contribution >= 0.6 is 0 Å². The zero-order chi connectivity index (χ0) is 33.8. The Balaban J connectivity index is 2.12. The Morgan fingerprint density at radius 3 is 1.57 bits per heavy atom. The van der Waals surface area contributed by atoms with Gasteiger partial charge in [-0.05, 0) is 82.3 Å². The van der Waals surface area contributed by atoms with Crippen molar-refractivity contribution in [1.82, 2.24) is 16.0 Å². The molecule has 0 spiro atoms. The van der Waals surface area contributed by atoms with Gasteiger partial charge in [0.1, 0.15) is 6.04 Å². The maximum atomic E-state index is 12.5. The molecule has 0 fully saturated rings. The fraction of sp³-hybridized carbons (Fsp3) is 0.475. The number of amides is 3. The molecule has 1 unspecified atom stereocenters. The molecule has 1 aromatic rings. The molecule has 46 heavy (non-hydrogen) atoms. The van der Waals surface area contributed by atoms with Crippen molar-refractivity contribution in [3.05, 3.63) is 108 Å². The Labute approximate surface area is 279 Å². The van der Waals surface area contributed by atoms with E-state index in [0.717, 1.165) is 50.5 Å². The van der Waals surface area contributed by atoms with Crippen molar-refractivity contribution in [2.45, 2.75) is 104 Å². The van der Waals surface area contributed by atoms with Crippen molar-refractivity contribution in [1.29, 1.82) is 0 Å².